The Morgan fingerprint density at radius 2 is 1.87 bits per heavy atom. The van der Waals surface area contributed by atoms with Gasteiger partial charge in [0.15, 0.2) is 5.75 Å². The average molecular weight is 547 g/mol. The lowest BCUT2D eigenvalue weighted by molar-refractivity contribution is -0.135. The molecule has 0 bridgehead atoms. The van der Waals surface area contributed by atoms with Crippen molar-refractivity contribution >= 4 is 60.5 Å². The van der Waals surface area contributed by atoms with Crippen LogP contribution >= 0.6 is 31.9 Å². The lowest BCUT2D eigenvalue weighted by Gasteiger charge is -2.21. The lowest BCUT2D eigenvalue weighted by atomic mass is 10.1. The Kier molecular flexibility index (Phi) is 5.81. The molecule has 1 atom stereocenters. The number of nitrogens with zero attached hydrogens (tertiary/aromatic N) is 3. The number of aromatic nitrogens is 1. The molecule has 0 N–H and O–H groups in total. The lowest BCUT2D eigenvalue weighted by Crippen LogP contribution is -2.25. The van der Waals surface area contributed by atoms with E-state index in [1.807, 2.05) is 37.3 Å². The second kappa shape index (κ2) is 8.39. The van der Waals surface area contributed by atoms with Crippen LogP contribution in [0.15, 0.2) is 56.5 Å². The largest absolute Gasteiger partial charge is 0.446 e. The van der Waals surface area contributed by atoms with E-state index in [-0.39, 0.29) is 17.6 Å². The molecule has 0 saturated heterocycles. The Hall–Kier alpha value is -2.78. The van der Waals surface area contributed by atoms with Gasteiger partial charge in [-0.3, -0.25) is 14.6 Å². The van der Waals surface area contributed by atoms with Crippen LogP contribution in [0.5, 0.6) is 5.75 Å². The van der Waals surface area contributed by atoms with Gasteiger partial charge in [0.25, 0.3) is 0 Å². The first-order chi connectivity index (χ1) is 14.7. The quantitative estimate of drug-likeness (QED) is 0.332. The zero-order chi connectivity index (χ0) is 22.3. The van der Waals surface area contributed by atoms with E-state index in [4.69, 9.17) is 9.47 Å². The third kappa shape index (κ3) is 4.20. The van der Waals surface area contributed by atoms with E-state index in [2.05, 4.69) is 41.9 Å². The second-order valence-electron chi connectivity index (χ2n) is 6.97. The number of aryl methyl sites for hydroxylation is 1. The molecule has 2 heterocycles. The fraction of sp³-hybridized carbons (Fsp3) is 0.182. The number of amides is 1. The number of esters is 1. The van der Waals surface area contributed by atoms with Gasteiger partial charge in [0.2, 0.25) is 18.0 Å². The second-order valence-corrected chi connectivity index (χ2v) is 8.74. The summed E-state index contributed by atoms with van der Waals surface area (Å²) >= 11 is 6.85. The highest BCUT2D eigenvalue weighted by atomic mass is 79.9. The van der Waals surface area contributed by atoms with Crippen molar-refractivity contribution in [1.29, 1.82) is 0 Å². The number of halogens is 2. The molecule has 7 nitrogen and oxygen atoms in total. The number of carbonyl (C=O) groups is 2. The fourth-order valence-corrected chi connectivity index (χ4v) is 4.70. The Morgan fingerprint density at radius 1 is 1.13 bits per heavy atom. The highest BCUT2D eigenvalue weighted by molar-refractivity contribution is 9.11. The SMILES string of the molecule is CC(=O)Oc1c(Br)cc(Br)cc1C1=NN(C(C)=O)C(c2cc(C)nc3ccccc23)O1. The smallest absolute Gasteiger partial charge is 0.308 e. The molecule has 9 heteroatoms. The van der Waals surface area contributed by atoms with Crippen LogP contribution in [-0.2, 0) is 14.3 Å². The van der Waals surface area contributed by atoms with Crippen molar-refractivity contribution in [3.05, 3.63) is 68.2 Å². The molecule has 3 aromatic rings. The molecule has 0 spiro atoms. The van der Waals surface area contributed by atoms with E-state index < -0.39 is 12.2 Å². The number of benzene rings is 2. The first-order valence-corrected chi connectivity index (χ1v) is 10.9. The van der Waals surface area contributed by atoms with E-state index >= 15 is 0 Å². The molecule has 1 aliphatic rings. The van der Waals surface area contributed by atoms with Gasteiger partial charge >= 0.3 is 5.97 Å². The standard InChI is InChI=1S/C22H17Br2N3O4/c1-11-8-16(15-6-4-5-7-19(15)25-11)22-27(12(2)28)26-21(31-22)17-9-14(23)10-18(24)20(17)30-13(3)29/h4-10,22H,1-3H3. The number of para-hydroxylation sites is 1. The number of hydrogen-bond acceptors (Lipinski definition) is 6. The number of rotatable bonds is 3. The van der Waals surface area contributed by atoms with Crippen LogP contribution in [0.3, 0.4) is 0 Å². The van der Waals surface area contributed by atoms with Crippen LogP contribution in [0.1, 0.15) is 36.9 Å². The topological polar surface area (TPSA) is 81.1 Å². The summed E-state index contributed by atoms with van der Waals surface area (Å²) < 4.78 is 12.9. The van der Waals surface area contributed by atoms with Gasteiger partial charge in [0.05, 0.1) is 15.6 Å². The molecular weight excluding hydrogens is 530 g/mol. The average Bonchev–Trinajstić information content (AvgIpc) is 3.14. The van der Waals surface area contributed by atoms with Gasteiger partial charge in [0, 0.05) is 35.0 Å². The summed E-state index contributed by atoms with van der Waals surface area (Å²) in [5.74, 6) is -0.355. The third-order valence-corrected chi connectivity index (χ3v) is 5.64. The molecule has 4 rings (SSSR count). The number of hydrazone groups is 1. The van der Waals surface area contributed by atoms with Crippen LogP contribution in [0.4, 0.5) is 0 Å². The van der Waals surface area contributed by atoms with Gasteiger partial charge in [-0.25, -0.2) is 0 Å². The van der Waals surface area contributed by atoms with Crippen molar-refractivity contribution in [1.82, 2.24) is 9.99 Å². The molecule has 1 unspecified atom stereocenters. The van der Waals surface area contributed by atoms with Crippen LogP contribution in [0.2, 0.25) is 0 Å². The fourth-order valence-electron chi connectivity index (χ4n) is 3.39. The van der Waals surface area contributed by atoms with Gasteiger partial charge in [0.1, 0.15) is 0 Å². The number of carbonyl (C=O) groups excluding carboxylic acids is 2. The Balaban J connectivity index is 1.85. The van der Waals surface area contributed by atoms with Gasteiger partial charge in [-0.1, -0.05) is 34.1 Å². The van der Waals surface area contributed by atoms with Gasteiger partial charge in [-0.05, 0) is 47.1 Å². The first-order valence-electron chi connectivity index (χ1n) is 9.33. The van der Waals surface area contributed by atoms with Crippen LogP contribution in [0, 0.1) is 6.92 Å². The maximum Gasteiger partial charge on any atom is 0.308 e. The summed E-state index contributed by atoms with van der Waals surface area (Å²) in [6.45, 7) is 4.62. The van der Waals surface area contributed by atoms with E-state index in [0.29, 0.717) is 10.0 Å². The van der Waals surface area contributed by atoms with E-state index in [1.165, 1.54) is 18.9 Å². The summed E-state index contributed by atoms with van der Waals surface area (Å²) in [4.78, 5) is 28.7. The predicted octanol–water partition coefficient (Wildman–Crippen LogP) is 5.23. The Bertz CT molecular complexity index is 1260. The van der Waals surface area contributed by atoms with Crippen LogP contribution in [-0.4, -0.2) is 27.8 Å². The zero-order valence-electron chi connectivity index (χ0n) is 16.8. The van der Waals surface area contributed by atoms with Crippen LogP contribution < -0.4 is 4.74 Å². The molecule has 0 radical (unpaired) electrons. The summed E-state index contributed by atoms with van der Waals surface area (Å²) in [6.07, 6.45) is -0.790. The predicted molar refractivity (Wildman–Crippen MR) is 123 cm³/mol. The molecular formula is C22H17Br2N3O4. The normalized spacial score (nSPS) is 15.6. The van der Waals surface area contributed by atoms with Crippen molar-refractivity contribution < 1.29 is 19.1 Å². The molecule has 1 aliphatic heterocycles. The van der Waals surface area contributed by atoms with E-state index in [1.54, 1.807) is 12.1 Å². The molecule has 31 heavy (non-hydrogen) atoms. The summed E-state index contributed by atoms with van der Waals surface area (Å²) in [5, 5.41) is 6.57. The molecule has 0 aliphatic carbocycles. The number of fused-ring (bicyclic) bond motifs is 1. The number of hydrogen-bond donors (Lipinski definition) is 0. The van der Waals surface area contributed by atoms with Crippen molar-refractivity contribution in [3.8, 4) is 5.75 Å². The molecule has 1 aromatic heterocycles. The van der Waals surface area contributed by atoms with Gasteiger partial charge in [-0.15, -0.1) is 5.10 Å². The van der Waals surface area contributed by atoms with E-state index in [0.717, 1.165) is 26.6 Å². The van der Waals surface area contributed by atoms with E-state index in [9.17, 15) is 9.59 Å². The molecule has 1 amide bonds. The molecule has 2 aromatic carbocycles. The van der Waals surface area contributed by atoms with Crippen molar-refractivity contribution in [2.75, 3.05) is 0 Å². The third-order valence-electron chi connectivity index (χ3n) is 4.59. The van der Waals surface area contributed by atoms with Crippen molar-refractivity contribution in [2.45, 2.75) is 27.0 Å². The minimum atomic E-state index is -0.790. The maximum absolute atomic E-state index is 12.4. The Morgan fingerprint density at radius 3 is 2.58 bits per heavy atom. The summed E-state index contributed by atoms with van der Waals surface area (Å²) in [5.41, 5.74) is 2.78. The number of pyridine rings is 1. The summed E-state index contributed by atoms with van der Waals surface area (Å²) in [6, 6.07) is 13.0. The van der Waals surface area contributed by atoms with Crippen molar-refractivity contribution in [3.63, 3.8) is 0 Å². The molecule has 158 valence electrons. The minimum Gasteiger partial charge on any atom is -0.446 e. The molecule has 0 saturated carbocycles. The van der Waals surface area contributed by atoms with Gasteiger partial charge < -0.3 is 9.47 Å². The van der Waals surface area contributed by atoms with Crippen LogP contribution in [0.25, 0.3) is 10.9 Å². The highest BCUT2D eigenvalue weighted by Crippen LogP contribution is 2.39. The highest BCUT2D eigenvalue weighted by Gasteiger charge is 2.36. The number of ether oxygens (including phenoxy) is 2. The first kappa shape index (κ1) is 21.5. The zero-order valence-corrected chi connectivity index (χ0v) is 20.0. The Labute approximate surface area is 195 Å². The van der Waals surface area contributed by atoms with Gasteiger partial charge in [-0.2, -0.15) is 5.01 Å². The minimum absolute atomic E-state index is 0.164. The summed E-state index contributed by atoms with van der Waals surface area (Å²) in [7, 11) is 0. The van der Waals surface area contributed by atoms with Crippen molar-refractivity contribution in [2.24, 2.45) is 5.10 Å². The maximum atomic E-state index is 12.4. The molecule has 0 fully saturated rings. The monoisotopic (exact) mass is 545 g/mol.